The van der Waals surface area contributed by atoms with Gasteiger partial charge in [0.2, 0.25) is 0 Å². The minimum absolute atomic E-state index is 0.0978. The van der Waals surface area contributed by atoms with Crippen molar-refractivity contribution >= 4 is 33.9 Å². The second-order valence-electron chi connectivity index (χ2n) is 6.15. The summed E-state index contributed by atoms with van der Waals surface area (Å²) in [4.78, 5) is 17.3. The van der Waals surface area contributed by atoms with Gasteiger partial charge in [-0.1, -0.05) is 25.4 Å². The first-order valence-corrected chi connectivity index (χ1v) is 9.05. The van der Waals surface area contributed by atoms with Crippen LogP contribution in [0.4, 0.5) is 11.4 Å². The standard InChI is InChI=1S/C18H25ClN4O2/c1-4-22(5-2)10-6-7-13(3)21-16-8-9-20-17-12-15(19)18(23(24)25)11-14(16)17/h8-9,11-13H,4-7,10H2,1-3H3,(H,20,21)/t13-/m0/s1. The fraction of sp³-hybridized carbons (Fsp3) is 0.500. The molecule has 2 rings (SSSR count). The molecule has 0 radical (unpaired) electrons. The normalized spacial score (nSPS) is 12.5. The first-order chi connectivity index (χ1) is 12.0. The number of pyridine rings is 1. The molecule has 0 saturated carbocycles. The molecule has 25 heavy (non-hydrogen) atoms. The van der Waals surface area contributed by atoms with Gasteiger partial charge in [0.1, 0.15) is 5.02 Å². The quantitative estimate of drug-likeness (QED) is 0.515. The van der Waals surface area contributed by atoms with E-state index in [1.165, 1.54) is 6.07 Å². The molecule has 0 amide bonds. The Labute approximate surface area is 153 Å². The third-order valence-corrected chi connectivity index (χ3v) is 4.72. The van der Waals surface area contributed by atoms with E-state index >= 15 is 0 Å². The predicted molar refractivity (Wildman–Crippen MR) is 104 cm³/mol. The van der Waals surface area contributed by atoms with E-state index < -0.39 is 4.92 Å². The average Bonchev–Trinajstić information content (AvgIpc) is 2.58. The Morgan fingerprint density at radius 2 is 2.08 bits per heavy atom. The summed E-state index contributed by atoms with van der Waals surface area (Å²) in [6, 6.07) is 5.15. The van der Waals surface area contributed by atoms with E-state index in [0.717, 1.165) is 38.2 Å². The van der Waals surface area contributed by atoms with Gasteiger partial charge in [0.25, 0.3) is 5.69 Å². The molecule has 1 atom stereocenters. The maximum Gasteiger partial charge on any atom is 0.288 e. The molecule has 2 aromatic rings. The molecule has 1 heterocycles. The number of nitro groups is 1. The zero-order chi connectivity index (χ0) is 18.4. The molecular formula is C18H25ClN4O2. The number of rotatable bonds is 9. The summed E-state index contributed by atoms with van der Waals surface area (Å²) in [6.45, 7) is 9.68. The van der Waals surface area contributed by atoms with E-state index in [1.54, 1.807) is 12.3 Å². The fourth-order valence-corrected chi connectivity index (χ4v) is 3.15. The number of nitro benzene ring substituents is 1. The molecule has 0 saturated heterocycles. The first-order valence-electron chi connectivity index (χ1n) is 8.67. The first kappa shape index (κ1) is 19.4. The van der Waals surface area contributed by atoms with Crippen molar-refractivity contribution in [3.8, 4) is 0 Å². The Hall–Kier alpha value is -1.92. The molecule has 6 nitrogen and oxygen atoms in total. The van der Waals surface area contributed by atoms with Crippen LogP contribution < -0.4 is 5.32 Å². The van der Waals surface area contributed by atoms with Crippen LogP contribution in [0, 0.1) is 10.1 Å². The lowest BCUT2D eigenvalue weighted by Crippen LogP contribution is -2.25. The second-order valence-corrected chi connectivity index (χ2v) is 6.56. The number of hydrogen-bond acceptors (Lipinski definition) is 5. The van der Waals surface area contributed by atoms with Crippen molar-refractivity contribution in [2.45, 2.75) is 39.7 Å². The van der Waals surface area contributed by atoms with Gasteiger partial charge in [-0.05, 0) is 51.5 Å². The van der Waals surface area contributed by atoms with Crippen molar-refractivity contribution < 1.29 is 4.92 Å². The van der Waals surface area contributed by atoms with Crippen LogP contribution in [0.1, 0.15) is 33.6 Å². The van der Waals surface area contributed by atoms with E-state index in [1.807, 2.05) is 6.07 Å². The van der Waals surface area contributed by atoms with Gasteiger partial charge in [0.05, 0.1) is 10.4 Å². The molecule has 1 N–H and O–H groups in total. The average molecular weight is 365 g/mol. The molecule has 0 aliphatic heterocycles. The predicted octanol–water partition coefficient (Wildman–Crippen LogP) is 4.72. The zero-order valence-electron chi connectivity index (χ0n) is 15.0. The molecule has 0 fully saturated rings. The van der Waals surface area contributed by atoms with E-state index in [9.17, 15) is 10.1 Å². The molecule has 136 valence electrons. The Morgan fingerprint density at radius 3 is 2.72 bits per heavy atom. The van der Waals surface area contributed by atoms with E-state index in [-0.39, 0.29) is 16.8 Å². The molecule has 0 bridgehead atoms. The van der Waals surface area contributed by atoms with Crippen molar-refractivity contribution in [1.82, 2.24) is 9.88 Å². The third-order valence-electron chi connectivity index (χ3n) is 4.41. The fourth-order valence-electron chi connectivity index (χ4n) is 2.92. The Balaban J connectivity index is 2.12. The zero-order valence-corrected chi connectivity index (χ0v) is 15.7. The second kappa shape index (κ2) is 8.97. The van der Waals surface area contributed by atoms with Gasteiger partial charge in [-0.15, -0.1) is 0 Å². The van der Waals surface area contributed by atoms with E-state index in [4.69, 9.17) is 11.6 Å². The lowest BCUT2D eigenvalue weighted by Gasteiger charge is -2.20. The minimum atomic E-state index is -0.466. The van der Waals surface area contributed by atoms with Crippen LogP contribution in [0.2, 0.25) is 5.02 Å². The van der Waals surface area contributed by atoms with Gasteiger partial charge in [-0.25, -0.2) is 0 Å². The van der Waals surface area contributed by atoms with Gasteiger partial charge in [-0.2, -0.15) is 0 Å². The Kier molecular flexibility index (Phi) is 6.96. The number of nitrogens with one attached hydrogen (secondary N) is 1. The SMILES string of the molecule is CCN(CC)CCC[C@H](C)Nc1ccnc2cc(Cl)c([N+](=O)[O-])cc12. The van der Waals surface area contributed by atoms with Crippen LogP contribution in [0.25, 0.3) is 10.9 Å². The topological polar surface area (TPSA) is 71.3 Å². The molecule has 7 heteroatoms. The number of halogens is 1. The third kappa shape index (κ3) is 5.03. The van der Waals surface area contributed by atoms with Gasteiger partial charge in [0.15, 0.2) is 0 Å². The minimum Gasteiger partial charge on any atom is -0.382 e. The van der Waals surface area contributed by atoms with Gasteiger partial charge >= 0.3 is 0 Å². The summed E-state index contributed by atoms with van der Waals surface area (Å²) >= 11 is 5.98. The largest absolute Gasteiger partial charge is 0.382 e. The number of hydrogen-bond donors (Lipinski definition) is 1. The highest BCUT2D eigenvalue weighted by Crippen LogP contribution is 2.32. The van der Waals surface area contributed by atoms with Crippen molar-refractivity contribution in [2.24, 2.45) is 0 Å². The number of fused-ring (bicyclic) bond motifs is 1. The van der Waals surface area contributed by atoms with Crippen LogP contribution in [0.3, 0.4) is 0 Å². The van der Waals surface area contributed by atoms with Crippen LogP contribution in [0.5, 0.6) is 0 Å². The molecule has 0 unspecified atom stereocenters. The van der Waals surface area contributed by atoms with Gasteiger partial charge in [-0.3, -0.25) is 15.1 Å². The highest BCUT2D eigenvalue weighted by Gasteiger charge is 2.16. The van der Waals surface area contributed by atoms with Crippen LogP contribution >= 0.6 is 11.6 Å². The lowest BCUT2D eigenvalue weighted by molar-refractivity contribution is -0.384. The monoisotopic (exact) mass is 364 g/mol. The van der Waals surface area contributed by atoms with Crippen LogP contribution in [-0.4, -0.2) is 40.5 Å². The lowest BCUT2D eigenvalue weighted by atomic mass is 10.1. The number of anilines is 1. The molecule has 0 spiro atoms. The molecule has 0 aliphatic carbocycles. The Bertz CT molecular complexity index is 734. The molecule has 0 aliphatic rings. The number of benzene rings is 1. The summed E-state index contributed by atoms with van der Waals surface area (Å²) in [7, 11) is 0. The van der Waals surface area contributed by atoms with Crippen molar-refractivity contribution in [2.75, 3.05) is 25.0 Å². The Morgan fingerprint density at radius 1 is 1.36 bits per heavy atom. The van der Waals surface area contributed by atoms with Gasteiger partial charge in [0, 0.05) is 29.4 Å². The van der Waals surface area contributed by atoms with Crippen molar-refractivity contribution in [3.05, 3.63) is 39.5 Å². The number of nitrogens with zero attached hydrogens (tertiary/aromatic N) is 3. The van der Waals surface area contributed by atoms with E-state index in [2.05, 4.69) is 36.0 Å². The maximum atomic E-state index is 11.1. The molecule has 1 aromatic heterocycles. The summed E-state index contributed by atoms with van der Waals surface area (Å²) < 4.78 is 0. The highest BCUT2D eigenvalue weighted by molar-refractivity contribution is 6.33. The smallest absolute Gasteiger partial charge is 0.288 e. The van der Waals surface area contributed by atoms with E-state index in [0.29, 0.717) is 10.9 Å². The van der Waals surface area contributed by atoms with Crippen LogP contribution in [-0.2, 0) is 0 Å². The van der Waals surface area contributed by atoms with Crippen LogP contribution in [0.15, 0.2) is 24.4 Å². The maximum absolute atomic E-state index is 11.1. The summed E-state index contributed by atoms with van der Waals surface area (Å²) in [5.74, 6) is 0. The highest BCUT2D eigenvalue weighted by atomic mass is 35.5. The summed E-state index contributed by atoms with van der Waals surface area (Å²) in [6.07, 6.45) is 3.82. The van der Waals surface area contributed by atoms with Crippen molar-refractivity contribution in [3.63, 3.8) is 0 Å². The van der Waals surface area contributed by atoms with Gasteiger partial charge < -0.3 is 10.2 Å². The summed E-state index contributed by atoms with van der Waals surface area (Å²) in [5.41, 5.74) is 1.40. The van der Waals surface area contributed by atoms with Crippen molar-refractivity contribution in [1.29, 1.82) is 0 Å². The summed E-state index contributed by atoms with van der Waals surface area (Å²) in [5, 5.41) is 15.4. The molecule has 1 aromatic carbocycles. The molecular weight excluding hydrogens is 340 g/mol. The number of aromatic nitrogens is 1.